The van der Waals surface area contributed by atoms with Crippen LogP contribution in [0.25, 0.3) is 0 Å². The molecule has 0 unspecified atom stereocenters. The lowest BCUT2D eigenvalue weighted by Crippen LogP contribution is -2.08. The summed E-state index contributed by atoms with van der Waals surface area (Å²) in [5, 5.41) is 0. The van der Waals surface area contributed by atoms with Crippen LogP contribution in [0, 0.1) is 5.92 Å². The zero-order chi connectivity index (χ0) is 5.82. The molecular formula is C7H13S-. The summed E-state index contributed by atoms with van der Waals surface area (Å²) in [7, 11) is 0. The molecule has 1 rings (SSSR count). The Morgan fingerprint density at radius 1 is 1.12 bits per heavy atom. The van der Waals surface area contributed by atoms with E-state index in [1.807, 2.05) is 0 Å². The Hall–Kier alpha value is 0.350. The van der Waals surface area contributed by atoms with Gasteiger partial charge in [-0.25, -0.2) is 0 Å². The van der Waals surface area contributed by atoms with E-state index >= 15 is 0 Å². The summed E-state index contributed by atoms with van der Waals surface area (Å²) >= 11 is 4.97. The van der Waals surface area contributed by atoms with Gasteiger partial charge in [0.25, 0.3) is 0 Å². The highest BCUT2D eigenvalue weighted by Gasteiger charge is 2.06. The third-order valence-corrected chi connectivity index (χ3v) is 2.43. The summed E-state index contributed by atoms with van der Waals surface area (Å²) in [6, 6.07) is 0. The largest absolute Gasteiger partial charge is 0.792 e. The second-order valence-corrected chi connectivity index (χ2v) is 3.00. The Morgan fingerprint density at radius 2 is 1.75 bits per heavy atom. The molecule has 0 atom stereocenters. The van der Waals surface area contributed by atoms with Gasteiger partial charge in [-0.05, 0) is 0 Å². The van der Waals surface area contributed by atoms with Crippen LogP contribution in [-0.2, 0) is 12.6 Å². The first-order valence-electron chi connectivity index (χ1n) is 3.51. The minimum absolute atomic E-state index is 0.902. The Bertz CT molecular complexity index is 55.4. The fourth-order valence-electron chi connectivity index (χ4n) is 1.35. The fraction of sp³-hybridized carbons (Fsp3) is 1.00. The van der Waals surface area contributed by atoms with Crippen LogP contribution in [0.2, 0.25) is 0 Å². The van der Waals surface area contributed by atoms with E-state index in [0.29, 0.717) is 0 Å². The van der Waals surface area contributed by atoms with Gasteiger partial charge in [-0.15, -0.1) is 0 Å². The van der Waals surface area contributed by atoms with Gasteiger partial charge in [0.15, 0.2) is 0 Å². The fourth-order valence-corrected chi connectivity index (χ4v) is 1.69. The van der Waals surface area contributed by atoms with Crippen LogP contribution in [0.1, 0.15) is 32.1 Å². The average molecular weight is 129 g/mol. The van der Waals surface area contributed by atoms with Crippen LogP contribution in [0.4, 0.5) is 0 Å². The second kappa shape index (κ2) is 3.39. The summed E-state index contributed by atoms with van der Waals surface area (Å²) < 4.78 is 0. The van der Waals surface area contributed by atoms with E-state index in [1.165, 1.54) is 32.1 Å². The molecule has 0 spiro atoms. The molecule has 1 aliphatic carbocycles. The molecule has 0 saturated heterocycles. The number of hydrogen-bond acceptors (Lipinski definition) is 1. The first-order valence-corrected chi connectivity index (χ1v) is 4.09. The molecule has 0 N–H and O–H groups in total. The highest BCUT2D eigenvalue weighted by atomic mass is 32.1. The normalized spacial score (nSPS) is 23.6. The van der Waals surface area contributed by atoms with Gasteiger partial charge in [0, 0.05) is 0 Å². The molecule has 0 aliphatic heterocycles. The number of rotatable bonds is 1. The van der Waals surface area contributed by atoms with Gasteiger partial charge >= 0.3 is 0 Å². The van der Waals surface area contributed by atoms with Crippen LogP contribution in [-0.4, -0.2) is 5.75 Å². The molecule has 0 aromatic carbocycles. The Labute approximate surface area is 57.1 Å². The van der Waals surface area contributed by atoms with Crippen LogP contribution in [0.5, 0.6) is 0 Å². The van der Waals surface area contributed by atoms with E-state index in [0.717, 1.165) is 11.7 Å². The minimum Gasteiger partial charge on any atom is -0.792 e. The van der Waals surface area contributed by atoms with Crippen molar-refractivity contribution in [3.05, 3.63) is 0 Å². The van der Waals surface area contributed by atoms with Gasteiger partial charge < -0.3 is 12.6 Å². The highest BCUT2D eigenvalue weighted by Crippen LogP contribution is 2.22. The zero-order valence-electron chi connectivity index (χ0n) is 5.23. The molecule has 8 heavy (non-hydrogen) atoms. The first kappa shape index (κ1) is 6.47. The van der Waals surface area contributed by atoms with Crippen molar-refractivity contribution in [2.45, 2.75) is 32.1 Å². The predicted molar refractivity (Wildman–Crippen MR) is 38.8 cm³/mol. The Balaban J connectivity index is 2.13. The molecule has 0 amide bonds. The molecule has 0 nitrogen and oxygen atoms in total. The minimum atomic E-state index is 0.902. The molecule has 1 fully saturated rings. The molecule has 1 aliphatic rings. The SMILES string of the molecule is [S-]CC1CCCCC1. The Kier molecular flexibility index (Phi) is 2.74. The average Bonchev–Trinajstić information content (AvgIpc) is 1.90. The third kappa shape index (κ3) is 1.70. The zero-order valence-corrected chi connectivity index (χ0v) is 6.04. The lowest BCUT2D eigenvalue weighted by Gasteiger charge is -2.23. The van der Waals surface area contributed by atoms with Crippen molar-refractivity contribution in [3.63, 3.8) is 0 Å². The van der Waals surface area contributed by atoms with Gasteiger partial charge in [0.1, 0.15) is 0 Å². The van der Waals surface area contributed by atoms with Crippen molar-refractivity contribution in [1.29, 1.82) is 0 Å². The molecule has 0 aromatic heterocycles. The van der Waals surface area contributed by atoms with Crippen molar-refractivity contribution >= 4 is 12.6 Å². The van der Waals surface area contributed by atoms with E-state index in [1.54, 1.807) is 0 Å². The maximum absolute atomic E-state index is 4.97. The van der Waals surface area contributed by atoms with E-state index < -0.39 is 0 Å². The summed E-state index contributed by atoms with van der Waals surface area (Å²) in [6.07, 6.45) is 7.13. The maximum atomic E-state index is 4.97. The quantitative estimate of drug-likeness (QED) is 0.489. The lowest BCUT2D eigenvalue weighted by molar-refractivity contribution is 0.391. The van der Waals surface area contributed by atoms with Gasteiger partial charge in [-0.2, -0.15) is 5.75 Å². The highest BCUT2D eigenvalue weighted by molar-refractivity contribution is 7.58. The smallest absolute Gasteiger partial charge is 0.0523 e. The summed E-state index contributed by atoms with van der Waals surface area (Å²) in [6.45, 7) is 0. The van der Waals surface area contributed by atoms with Crippen LogP contribution < -0.4 is 0 Å². The number of hydrogen-bond donors (Lipinski definition) is 0. The van der Waals surface area contributed by atoms with Crippen LogP contribution in [0.15, 0.2) is 0 Å². The molecular weight excluding hydrogens is 116 g/mol. The molecule has 48 valence electrons. The second-order valence-electron chi connectivity index (χ2n) is 2.67. The van der Waals surface area contributed by atoms with Crippen LogP contribution >= 0.6 is 0 Å². The molecule has 0 heterocycles. The topological polar surface area (TPSA) is 0 Å². The van der Waals surface area contributed by atoms with Crippen molar-refractivity contribution in [1.82, 2.24) is 0 Å². The van der Waals surface area contributed by atoms with E-state index in [-0.39, 0.29) is 0 Å². The molecule has 1 heteroatoms. The van der Waals surface area contributed by atoms with Crippen molar-refractivity contribution in [2.75, 3.05) is 5.75 Å². The monoisotopic (exact) mass is 129 g/mol. The molecule has 0 bridgehead atoms. The lowest BCUT2D eigenvalue weighted by atomic mass is 9.91. The maximum Gasteiger partial charge on any atom is -0.0523 e. The predicted octanol–water partition coefficient (Wildman–Crippen LogP) is 2.11. The van der Waals surface area contributed by atoms with Crippen LogP contribution in [0.3, 0.4) is 0 Å². The van der Waals surface area contributed by atoms with E-state index in [2.05, 4.69) is 0 Å². The van der Waals surface area contributed by atoms with Gasteiger partial charge in [0.2, 0.25) is 0 Å². The van der Waals surface area contributed by atoms with Gasteiger partial charge in [-0.3, -0.25) is 0 Å². The van der Waals surface area contributed by atoms with Crippen molar-refractivity contribution in [2.24, 2.45) is 5.92 Å². The standard InChI is InChI=1S/C7H14S/c8-6-7-4-2-1-3-5-7/h7-8H,1-6H2/p-1. The van der Waals surface area contributed by atoms with Crippen molar-refractivity contribution in [3.8, 4) is 0 Å². The molecule has 1 saturated carbocycles. The Morgan fingerprint density at radius 3 is 2.12 bits per heavy atom. The van der Waals surface area contributed by atoms with E-state index in [4.69, 9.17) is 12.6 Å². The van der Waals surface area contributed by atoms with E-state index in [9.17, 15) is 0 Å². The molecule has 0 radical (unpaired) electrons. The summed E-state index contributed by atoms with van der Waals surface area (Å²) in [5.41, 5.74) is 0. The summed E-state index contributed by atoms with van der Waals surface area (Å²) in [4.78, 5) is 0. The third-order valence-electron chi connectivity index (χ3n) is 1.96. The van der Waals surface area contributed by atoms with Gasteiger partial charge in [-0.1, -0.05) is 38.0 Å². The summed E-state index contributed by atoms with van der Waals surface area (Å²) in [5.74, 6) is 1.90. The molecule has 0 aromatic rings. The van der Waals surface area contributed by atoms with Gasteiger partial charge in [0.05, 0.1) is 0 Å². The first-order chi connectivity index (χ1) is 3.93. The van der Waals surface area contributed by atoms with Crippen molar-refractivity contribution < 1.29 is 0 Å².